The van der Waals surface area contributed by atoms with Gasteiger partial charge in [0.1, 0.15) is 13.2 Å². The molecule has 24 heavy (non-hydrogen) atoms. The van der Waals surface area contributed by atoms with Crippen molar-refractivity contribution in [1.29, 1.82) is 0 Å². The van der Waals surface area contributed by atoms with Gasteiger partial charge in [-0.1, -0.05) is 0 Å². The standard InChI is InChI=1S/C15H20N4O5/c1-17-13-12(14(21)18(2)15(17)22)19(9-16-13)7-11(20)24-8-10-5-3-4-6-23-10/h9-10H,3-8H2,1-2H3/t10-/m0/s1. The first-order valence-corrected chi connectivity index (χ1v) is 7.87. The number of carbonyl (C=O) groups is 1. The highest BCUT2D eigenvalue weighted by Gasteiger charge is 2.19. The Hall–Kier alpha value is -2.42. The van der Waals surface area contributed by atoms with Crippen molar-refractivity contribution in [2.75, 3.05) is 13.2 Å². The number of carbonyl (C=O) groups excluding carboxylic acids is 1. The zero-order valence-corrected chi connectivity index (χ0v) is 13.7. The largest absolute Gasteiger partial charge is 0.462 e. The fourth-order valence-corrected chi connectivity index (χ4v) is 2.83. The highest BCUT2D eigenvalue weighted by atomic mass is 16.6. The van der Waals surface area contributed by atoms with Gasteiger partial charge < -0.3 is 14.0 Å². The lowest BCUT2D eigenvalue weighted by atomic mass is 10.1. The van der Waals surface area contributed by atoms with E-state index in [1.165, 1.54) is 29.6 Å². The van der Waals surface area contributed by atoms with Crippen molar-refractivity contribution in [3.05, 3.63) is 27.2 Å². The van der Waals surface area contributed by atoms with Crippen LogP contribution in [0.25, 0.3) is 11.2 Å². The minimum Gasteiger partial charge on any atom is -0.462 e. The summed E-state index contributed by atoms with van der Waals surface area (Å²) in [6.07, 6.45) is 4.29. The summed E-state index contributed by atoms with van der Waals surface area (Å²) < 4.78 is 14.4. The molecule has 9 heteroatoms. The van der Waals surface area contributed by atoms with Crippen molar-refractivity contribution in [1.82, 2.24) is 18.7 Å². The van der Waals surface area contributed by atoms with E-state index in [-0.39, 0.29) is 30.4 Å². The first-order valence-electron chi connectivity index (χ1n) is 7.87. The van der Waals surface area contributed by atoms with Crippen LogP contribution >= 0.6 is 0 Å². The summed E-state index contributed by atoms with van der Waals surface area (Å²) in [6, 6.07) is 0. The van der Waals surface area contributed by atoms with Gasteiger partial charge in [-0.3, -0.25) is 18.7 Å². The van der Waals surface area contributed by atoms with Crippen LogP contribution in [0.3, 0.4) is 0 Å². The molecule has 0 unspecified atom stereocenters. The van der Waals surface area contributed by atoms with Gasteiger partial charge in [-0.15, -0.1) is 0 Å². The van der Waals surface area contributed by atoms with Crippen LogP contribution in [0.5, 0.6) is 0 Å². The average molecular weight is 336 g/mol. The molecular formula is C15H20N4O5. The third kappa shape index (κ3) is 2.99. The molecule has 3 rings (SSSR count). The third-order valence-electron chi connectivity index (χ3n) is 4.22. The molecule has 2 aromatic rings. The Kier molecular flexibility index (Phi) is 4.52. The van der Waals surface area contributed by atoms with E-state index in [4.69, 9.17) is 9.47 Å². The summed E-state index contributed by atoms with van der Waals surface area (Å²) in [7, 11) is 2.92. The third-order valence-corrected chi connectivity index (χ3v) is 4.22. The van der Waals surface area contributed by atoms with E-state index >= 15 is 0 Å². The normalized spacial score (nSPS) is 18.0. The van der Waals surface area contributed by atoms with E-state index in [0.717, 1.165) is 23.8 Å². The summed E-state index contributed by atoms with van der Waals surface area (Å²) in [5.41, 5.74) is -0.513. The molecule has 0 saturated carbocycles. The van der Waals surface area contributed by atoms with Gasteiger partial charge in [-0.2, -0.15) is 0 Å². The Labute approximate surface area is 137 Å². The molecule has 1 fully saturated rings. The number of hydrogen-bond donors (Lipinski definition) is 0. The summed E-state index contributed by atoms with van der Waals surface area (Å²) >= 11 is 0. The quantitative estimate of drug-likeness (QED) is 0.701. The number of fused-ring (bicyclic) bond motifs is 1. The van der Waals surface area contributed by atoms with Gasteiger partial charge in [-0.05, 0) is 19.3 Å². The van der Waals surface area contributed by atoms with Crippen LogP contribution in [-0.2, 0) is 34.9 Å². The van der Waals surface area contributed by atoms with Gasteiger partial charge in [-0.25, -0.2) is 9.78 Å². The van der Waals surface area contributed by atoms with Gasteiger partial charge in [0.25, 0.3) is 5.56 Å². The van der Waals surface area contributed by atoms with Gasteiger partial charge in [0, 0.05) is 20.7 Å². The highest BCUT2D eigenvalue weighted by Crippen LogP contribution is 2.13. The van der Waals surface area contributed by atoms with Crippen LogP contribution in [0, 0.1) is 0 Å². The molecule has 0 aromatic carbocycles. The monoisotopic (exact) mass is 336 g/mol. The maximum absolute atomic E-state index is 12.3. The first kappa shape index (κ1) is 16.4. The van der Waals surface area contributed by atoms with Gasteiger partial charge in [0.2, 0.25) is 0 Å². The zero-order valence-electron chi connectivity index (χ0n) is 13.7. The number of esters is 1. The summed E-state index contributed by atoms with van der Waals surface area (Å²) in [5, 5.41) is 0. The molecule has 1 aliphatic heterocycles. The number of rotatable bonds is 4. The van der Waals surface area contributed by atoms with E-state index in [2.05, 4.69) is 4.98 Å². The lowest BCUT2D eigenvalue weighted by Crippen LogP contribution is -2.37. The fourth-order valence-electron chi connectivity index (χ4n) is 2.83. The van der Waals surface area contributed by atoms with E-state index in [9.17, 15) is 14.4 Å². The molecule has 9 nitrogen and oxygen atoms in total. The maximum Gasteiger partial charge on any atom is 0.332 e. The Balaban J connectivity index is 1.77. The topological polar surface area (TPSA) is 97.3 Å². The van der Waals surface area contributed by atoms with E-state index in [0.29, 0.717) is 6.61 Å². The number of aromatic nitrogens is 4. The van der Waals surface area contributed by atoms with Crippen LogP contribution in [0.4, 0.5) is 0 Å². The molecule has 0 spiro atoms. The average Bonchev–Trinajstić information content (AvgIpc) is 3.01. The predicted octanol–water partition coefficient (Wildman–Crippen LogP) is -0.454. The maximum atomic E-state index is 12.3. The molecule has 130 valence electrons. The summed E-state index contributed by atoms with van der Waals surface area (Å²) in [6.45, 7) is 0.761. The number of hydrogen-bond acceptors (Lipinski definition) is 6. The summed E-state index contributed by atoms with van der Waals surface area (Å²) in [5.74, 6) is -0.473. The van der Waals surface area contributed by atoms with Crippen LogP contribution in [-0.4, -0.2) is 44.0 Å². The number of ether oxygens (including phenoxy) is 2. The van der Waals surface area contributed by atoms with Crippen molar-refractivity contribution in [2.24, 2.45) is 14.1 Å². The predicted molar refractivity (Wildman–Crippen MR) is 84.8 cm³/mol. The van der Waals surface area contributed by atoms with Crippen LogP contribution in [0.2, 0.25) is 0 Å². The molecule has 3 heterocycles. The Morgan fingerprint density at radius 2 is 2.12 bits per heavy atom. The molecule has 1 atom stereocenters. The second-order valence-corrected chi connectivity index (χ2v) is 5.92. The molecule has 0 radical (unpaired) electrons. The van der Waals surface area contributed by atoms with Crippen LogP contribution in [0.15, 0.2) is 15.9 Å². The molecule has 0 bridgehead atoms. The number of imidazole rings is 1. The van der Waals surface area contributed by atoms with E-state index < -0.39 is 17.2 Å². The lowest BCUT2D eigenvalue weighted by molar-refractivity contribution is -0.149. The highest BCUT2D eigenvalue weighted by molar-refractivity contribution is 5.75. The molecule has 1 saturated heterocycles. The minimum absolute atomic E-state index is 0.0593. The molecule has 2 aromatic heterocycles. The second-order valence-electron chi connectivity index (χ2n) is 5.92. The number of nitrogens with zero attached hydrogens (tertiary/aromatic N) is 4. The van der Waals surface area contributed by atoms with Crippen LogP contribution < -0.4 is 11.2 Å². The minimum atomic E-state index is -0.492. The Morgan fingerprint density at radius 3 is 2.83 bits per heavy atom. The van der Waals surface area contributed by atoms with Gasteiger partial charge >= 0.3 is 11.7 Å². The van der Waals surface area contributed by atoms with Crippen LogP contribution in [0.1, 0.15) is 19.3 Å². The lowest BCUT2D eigenvalue weighted by Gasteiger charge is -2.22. The fraction of sp³-hybridized carbons (Fsp3) is 0.600. The molecule has 0 N–H and O–H groups in total. The molecule has 1 aliphatic rings. The smallest absolute Gasteiger partial charge is 0.332 e. The SMILES string of the molecule is Cn1c(=O)c2c(ncn2CC(=O)OC[C@@H]2CCCCO2)n(C)c1=O. The van der Waals surface area contributed by atoms with E-state index in [1.54, 1.807) is 0 Å². The Bertz CT molecular complexity index is 872. The van der Waals surface area contributed by atoms with Crippen molar-refractivity contribution < 1.29 is 14.3 Å². The number of aryl methyl sites for hydroxylation is 1. The molecule has 0 amide bonds. The molecule has 0 aliphatic carbocycles. The Morgan fingerprint density at radius 1 is 1.33 bits per heavy atom. The van der Waals surface area contributed by atoms with E-state index in [1.807, 2.05) is 0 Å². The van der Waals surface area contributed by atoms with Gasteiger partial charge in [0.15, 0.2) is 11.2 Å². The van der Waals surface area contributed by atoms with Gasteiger partial charge in [0.05, 0.1) is 12.4 Å². The molecular weight excluding hydrogens is 316 g/mol. The first-order chi connectivity index (χ1) is 11.5. The van der Waals surface area contributed by atoms with Crippen molar-refractivity contribution in [2.45, 2.75) is 31.9 Å². The summed E-state index contributed by atoms with van der Waals surface area (Å²) in [4.78, 5) is 40.3. The zero-order chi connectivity index (χ0) is 17.3. The van der Waals surface area contributed by atoms with Crippen molar-refractivity contribution >= 4 is 17.1 Å². The van der Waals surface area contributed by atoms with Crippen molar-refractivity contribution in [3.8, 4) is 0 Å². The van der Waals surface area contributed by atoms with Crippen molar-refractivity contribution in [3.63, 3.8) is 0 Å². The second kappa shape index (κ2) is 6.60.